The molecule has 1 fully saturated rings. The van der Waals surface area contributed by atoms with E-state index in [4.69, 9.17) is 30.8 Å². The number of Topliss-reactive ketones (excluding diaryl/α,β-unsaturated/α-hetero) is 1. The molecule has 0 saturated heterocycles. The fraction of sp³-hybridized carbons (Fsp3) is 0.452. The van der Waals surface area contributed by atoms with Gasteiger partial charge in [-0.15, -0.1) is 0 Å². The van der Waals surface area contributed by atoms with Gasteiger partial charge in [-0.1, -0.05) is 36.2 Å². The van der Waals surface area contributed by atoms with Crippen LogP contribution in [0.2, 0.25) is 5.02 Å². The Kier molecular flexibility index (Phi) is 7.89. The number of rotatable bonds is 6. The second-order valence-electron chi connectivity index (χ2n) is 10.5. The van der Waals surface area contributed by atoms with Gasteiger partial charge in [-0.3, -0.25) is 14.6 Å². The van der Waals surface area contributed by atoms with Gasteiger partial charge in [0.1, 0.15) is 12.0 Å². The van der Waals surface area contributed by atoms with Crippen LogP contribution in [0, 0.1) is 5.92 Å². The van der Waals surface area contributed by atoms with E-state index in [2.05, 4.69) is 0 Å². The number of benzene rings is 2. The predicted octanol–water partition coefficient (Wildman–Crippen LogP) is 6.81. The summed E-state index contributed by atoms with van der Waals surface area (Å²) < 4.78 is 17.1. The number of nitrogens with zero attached hydrogens (tertiary/aromatic N) is 1. The quantitative estimate of drug-likeness (QED) is 0.380. The van der Waals surface area contributed by atoms with Crippen molar-refractivity contribution in [2.24, 2.45) is 10.9 Å². The van der Waals surface area contributed by atoms with E-state index in [-0.39, 0.29) is 23.8 Å². The maximum absolute atomic E-state index is 13.8. The van der Waals surface area contributed by atoms with Crippen LogP contribution in [-0.4, -0.2) is 37.8 Å². The number of hydrogen-bond donors (Lipinski definition) is 0. The van der Waals surface area contributed by atoms with Crippen molar-refractivity contribution >= 4 is 29.1 Å². The monoisotopic (exact) mass is 535 g/mol. The summed E-state index contributed by atoms with van der Waals surface area (Å²) in [7, 11) is 3.17. The summed E-state index contributed by atoms with van der Waals surface area (Å²) in [4.78, 5) is 32.5. The van der Waals surface area contributed by atoms with Crippen LogP contribution in [0.1, 0.15) is 74.8 Å². The Bertz CT molecular complexity index is 1280. The second kappa shape index (κ2) is 11.3. The predicted molar refractivity (Wildman–Crippen MR) is 147 cm³/mol. The molecule has 38 heavy (non-hydrogen) atoms. The Balaban J connectivity index is 1.55. The number of ether oxygens (including phenoxy) is 3. The molecular formula is C31H34ClNO5. The van der Waals surface area contributed by atoms with Crippen molar-refractivity contribution in [1.29, 1.82) is 0 Å². The molecule has 0 radical (unpaired) electrons. The zero-order valence-electron chi connectivity index (χ0n) is 22.2. The van der Waals surface area contributed by atoms with E-state index >= 15 is 0 Å². The molecule has 1 unspecified atom stereocenters. The van der Waals surface area contributed by atoms with Gasteiger partial charge in [0, 0.05) is 34.3 Å². The van der Waals surface area contributed by atoms with Crippen LogP contribution in [0.5, 0.6) is 11.5 Å². The van der Waals surface area contributed by atoms with Gasteiger partial charge in [0.25, 0.3) is 0 Å². The van der Waals surface area contributed by atoms with E-state index in [0.29, 0.717) is 40.6 Å². The fourth-order valence-corrected chi connectivity index (χ4v) is 6.29. The number of carbonyl (C=O) groups excluding carboxylic acids is 2. The minimum Gasteiger partial charge on any atom is -0.493 e. The Morgan fingerprint density at radius 1 is 0.921 bits per heavy atom. The first-order chi connectivity index (χ1) is 18.4. The Morgan fingerprint density at radius 2 is 1.61 bits per heavy atom. The lowest BCUT2D eigenvalue weighted by Gasteiger charge is -2.37. The first-order valence-corrected chi connectivity index (χ1v) is 13.8. The Hall–Kier alpha value is -3.12. The fourth-order valence-electron chi connectivity index (χ4n) is 6.16. The number of allylic oxidation sites excluding steroid dienone is 2. The first kappa shape index (κ1) is 26.5. The van der Waals surface area contributed by atoms with Crippen molar-refractivity contribution in [2.75, 3.05) is 14.2 Å². The zero-order chi connectivity index (χ0) is 26.8. The van der Waals surface area contributed by atoms with Crippen LogP contribution >= 0.6 is 11.6 Å². The highest BCUT2D eigenvalue weighted by atomic mass is 35.5. The van der Waals surface area contributed by atoms with E-state index in [1.807, 2.05) is 49.4 Å². The van der Waals surface area contributed by atoms with Gasteiger partial charge in [-0.2, -0.15) is 0 Å². The molecule has 6 nitrogen and oxygen atoms in total. The molecule has 0 amide bonds. The lowest BCUT2D eigenvalue weighted by Crippen LogP contribution is -2.39. The smallest absolute Gasteiger partial charge is 0.315 e. The molecule has 2 aromatic rings. The SMILES string of the molecule is COc1ccc([C@H]2C3=C(C[C@H](c4ccc(Cl)cc4)CC3=O)N=C(C)C2C(=O)OC2CCCCC2)cc1OC. The maximum Gasteiger partial charge on any atom is 0.315 e. The summed E-state index contributed by atoms with van der Waals surface area (Å²) in [6, 6.07) is 13.3. The number of esters is 1. The molecule has 3 aliphatic rings. The third-order valence-electron chi connectivity index (χ3n) is 8.09. The molecule has 0 bridgehead atoms. The molecule has 2 aliphatic carbocycles. The van der Waals surface area contributed by atoms with Gasteiger partial charge >= 0.3 is 5.97 Å². The van der Waals surface area contributed by atoms with E-state index < -0.39 is 11.8 Å². The number of carbonyl (C=O) groups is 2. The zero-order valence-corrected chi connectivity index (χ0v) is 22.9. The van der Waals surface area contributed by atoms with Crippen LogP contribution in [0.3, 0.4) is 0 Å². The lowest BCUT2D eigenvalue weighted by molar-refractivity contribution is -0.153. The summed E-state index contributed by atoms with van der Waals surface area (Å²) in [5.41, 5.74) is 3.91. The minimum atomic E-state index is -0.676. The van der Waals surface area contributed by atoms with E-state index in [1.165, 1.54) is 6.42 Å². The molecule has 0 N–H and O–H groups in total. The van der Waals surface area contributed by atoms with E-state index in [1.54, 1.807) is 14.2 Å². The summed E-state index contributed by atoms with van der Waals surface area (Å²) in [6.07, 6.45) is 5.95. The number of methoxy groups -OCH3 is 2. The van der Waals surface area contributed by atoms with Crippen molar-refractivity contribution in [2.45, 2.75) is 69.8 Å². The highest BCUT2D eigenvalue weighted by Gasteiger charge is 2.45. The van der Waals surface area contributed by atoms with Crippen LogP contribution in [0.15, 0.2) is 58.7 Å². The maximum atomic E-state index is 13.8. The van der Waals surface area contributed by atoms with Crippen molar-refractivity contribution in [3.63, 3.8) is 0 Å². The van der Waals surface area contributed by atoms with E-state index in [9.17, 15) is 9.59 Å². The van der Waals surface area contributed by atoms with Crippen molar-refractivity contribution < 1.29 is 23.8 Å². The van der Waals surface area contributed by atoms with Gasteiger partial charge in [-0.05, 0) is 80.3 Å². The average Bonchev–Trinajstić information content (AvgIpc) is 2.92. The summed E-state index contributed by atoms with van der Waals surface area (Å²) in [5, 5.41) is 0.662. The molecule has 5 rings (SSSR count). The molecule has 1 heterocycles. The molecule has 1 saturated carbocycles. The van der Waals surface area contributed by atoms with Gasteiger partial charge < -0.3 is 14.2 Å². The number of halogens is 1. The van der Waals surface area contributed by atoms with Gasteiger partial charge in [0.2, 0.25) is 0 Å². The van der Waals surface area contributed by atoms with Gasteiger partial charge in [0.05, 0.1) is 14.2 Å². The van der Waals surface area contributed by atoms with E-state index in [0.717, 1.165) is 42.5 Å². The van der Waals surface area contributed by atoms with Crippen LogP contribution < -0.4 is 9.47 Å². The molecule has 0 aromatic heterocycles. The lowest BCUT2D eigenvalue weighted by atomic mass is 9.69. The third kappa shape index (κ3) is 5.24. The highest BCUT2D eigenvalue weighted by molar-refractivity contribution is 6.30. The molecule has 0 spiro atoms. The van der Waals surface area contributed by atoms with Crippen molar-refractivity contribution in [3.05, 3.63) is 69.9 Å². The summed E-state index contributed by atoms with van der Waals surface area (Å²) in [5.74, 6) is -0.330. The molecule has 7 heteroatoms. The van der Waals surface area contributed by atoms with Gasteiger partial charge in [-0.25, -0.2) is 0 Å². The third-order valence-corrected chi connectivity index (χ3v) is 8.34. The highest BCUT2D eigenvalue weighted by Crippen LogP contribution is 2.48. The largest absolute Gasteiger partial charge is 0.493 e. The average molecular weight is 536 g/mol. The molecule has 200 valence electrons. The summed E-state index contributed by atoms with van der Waals surface area (Å²) >= 11 is 6.10. The van der Waals surface area contributed by atoms with Crippen molar-refractivity contribution in [1.82, 2.24) is 0 Å². The molecule has 1 aliphatic heterocycles. The van der Waals surface area contributed by atoms with Crippen LogP contribution in [-0.2, 0) is 14.3 Å². The van der Waals surface area contributed by atoms with Crippen LogP contribution in [0.25, 0.3) is 0 Å². The minimum absolute atomic E-state index is 0.00635. The number of ketones is 1. The number of hydrogen-bond acceptors (Lipinski definition) is 6. The molecule has 2 aromatic carbocycles. The molecule has 3 atom stereocenters. The number of aliphatic imine (C=N–C) groups is 1. The Morgan fingerprint density at radius 3 is 2.29 bits per heavy atom. The van der Waals surface area contributed by atoms with Gasteiger partial charge in [0.15, 0.2) is 17.3 Å². The van der Waals surface area contributed by atoms with Crippen molar-refractivity contribution in [3.8, 4) is 11.5 Å². The normalized spacial score (nSPS) is 23.9. The Labute approximate surface area is 229 Å². The first-order valence-electron chi connectivity index (χ1n) is 13.4. The summed E-state index contributed by atoms with van der Waals surface area (Å²) in [6.45, 7) is 1.88. The van der Waals surface area contributed by atoms with Crippen LogP contribution in [0.4, 0.5) is 0 Å². The standard InChI is InChI=1S/C31H34ClNO5/c1-18-28(31(35)38-23-7-5-4-6-8-23)29(20-11-14-26(36-2)27(17-20)37-3)30-24(33-18)15-21(16-25(30)34)19-9-12-22(32)13-10-19/h9-14,17,21,23,28-29H,4-8,15-16H2,1-3H3/t21-,28?,29+/m0/s1. The molecular weight excluding hydrogens is 502 g/mol. The second-order valence-corrected chi connectivity index (χ2v) is 10.9. The topological polar surface area (TPSA) is 74.2 Å².